The molecule has 1 saturated heterocycles. The van der Waals surface area contributed by atoms with Crippen molar-refractivity contribution >= 4 is 15.9 Å². The summed E-state index contributed by atoms with van der Waals surface area (Å²) in [6.07, 6.45) is 2.44. The first kappa shape index (κ1) is 20.9. The third kappa shape index (κ3) is 5.07. The van der Waals surface area contributed by atoms with E-state index >= 15 is 0 Å². The second-order valence-corrected chi connectivity index (χ2v) is 9.53. The second kappa shape index (κ2) is 9.00. The number of amides is 1. The molecule has 0 spiro atoms. The van der Waals surface area contributed by atoms with Crippen molar-refractivity contribution in [1.82, 2.24) is 9.21 Å². The number of benzene rings is 1. The van der Waals surface area contributed by atoms with Gasteiger partial charge in [-0.25, -0.2) is 8.42 Å². The van der Waals surface area contributed by atoms with Crippen molar-refractivity contribution in [2.24, 2.45) is 5.92 Å². The van der Waals surface area contributed by atoms with Crippen LogP contribution < -0.4 is 0 Å². The summed E-state index contributed by atoms with van der Waals surface area (Å²) in [5.74, 6) is 1.06. The molecular formula is C20H32N2O3S. The van der Waals surface area contributed by atoms with Crippen LogP contribution in [0.15, 0.2) is 29.2 Å². The van der Waals surface area contributed by atoms with Crippen molar-refractivity contribution < 1.29 is 13.2 Å². The van der Waals surface area contributed by atoms with Gasteiger partial charge in [-0.1, -0.05) is 39.8 Å². The van der Waals surface area contributed by atoms with Crippen LogP contribution in [0.25, 0.3) is 0 Å². The number of nitrogens with zero attached hydrogens (tertiary/aromatic N) is 2. The molecule has 0 saturated carbocycles. The molecule has 0 aromatic heterocycles. The lowest BCUT2D eigenvalue weighted by Gasteiger charge is -2.34. The van der Waals surface area contributed by atoms with E-state index in [0.29, 0.717) is 49.3 Å². The Hall–Kier alpha value is -1.40. The predicted molar refractivity (Wildman–Crippen MR) is 105 cm³/mol. The fourth-order valence-corrected chi connectivity index (χ4v) is 4.52. The van der Waals surface area contributed by atoms with Crippen LogP contribution in [-0.4, -0.2) is 49.7 Å². The van der Waals surface area contributed by atoms with Crippen molar-refractivity contribution in [2.75, 3.05) is 26.2 Å². The molecule has 1 fully saturated rings. The molecule has 1 unspecified atom stereocenters. The number of piperazine rings is 1. The minimum absolute atomic E-state index is 0.133. The highest BCUT2D eigenvalue weighted by Gasteiger charge is 2.30. The number of carbonyl (C=O) groups excluding carboxylic acids is 1. The summed E-state index contributed by atoms with van der Waals surface area (Å²) in [4.78, 5) is 14.3. The maximum atomic E-state index is 12.9. The van der Waals surface area contributed by atoms with E-state index in [1.54, 1.807) is 17.0 Å². The zero-order valence-corrected chi connectivity index (χ0v) is 17.3. The van der Waals surface area contributed by atoms with E-state index in [0.717, 1.165) is 18.4 Å². The molecule has 1 aliphatic rings. The van der Waals surface area contributed by atoms with E-state index < -0.39 is 10.0 Å². The Labute approximate surface area is 158 Å². The first-order valence-electron chi connectivity index (χ1n) is 9.63. The van der Waals surface area contributed by atoms with Crippen LogP contribution in [0.4, 0.5) is 0 Å². The Kier molecular flexibility index (Phi) is 7.24. The van der Waals surface area contributed by atoms with Crippen molar-refractivity contribution in [3.05, 3.63) is 29.8 Å². The number of hydrogen-bond donors (Lipinski definition) is 0. The van der Waals surface area contributed by atoms with E-state index in [4.69, 9.17) is 0 Å². The Morgan fingerprint density at radius 1 is 1.04 bits per heavy atom. The summed E-state index contributed by atoms with van der Waals surface area (Å²) in [6, 6.07) is 7.23. The van der Waals surface area contributed by atoms with E-state index in [9.17, 15) is 13.2 Å². The first-order valence-corrected chi connectivity index (χ1v) is 11.1. The maximum Gasteiger partial charge on any atom is 0.243 e. The van der Waals surface area contributed by atoms with Crippen LogP contribution in [0.5, 0.6) is 0 Å². The molecule has 1 aromatic rings. The average molecular weight is 381 g/mol. The van der Waals surface area contributed by atoms with Gasteiger partial charge < -0.3 is 4.90 Å². The summed E-state index contributed by atoms with van der Waals surface area (Å²) >= 11 is 0. The molecule has 1 aliphatic heterocycles. The van der Waals surface area contributed by atoms with E-state index in [1.807, 2.05) is 12.1 Å². The van der Waals surface area contributed by atoms with Gasteiger partial charge in [0.25, 0.3) is 0 Å². The van der Waals surface area contributed by atoms with Gasteiger partial charge in [-0.15, -0.1) is 0 Å². The third-order valence-corrected chi connectivity index (χ3v) is 7.14. The molecule has 0 bridgehead atoms. The molecular weight excluding hydrogens is 348 g/mol. The fourth-order valence-electron chi connectivity index (χ4n) is 3.10. The van der Waals surface area contributed by atoms with Gasteiger partial charge in [0, 0.05) is 32.6 Å². The lowest BCUT2D eigenvalue weighted by Crippen LogP contribution is -2.50. The molecule has 1 aromatic carbocycles. The van der Waals surface area contributed by atoms with Gasteiger partial charge in [0.1, 0.15) is 0 Å². The second-order valence-electron chi connectivity index (χ2n) is 7.60. The molecule has 0 N–H and O–H groups in total. The lowest BCUT2D eigenvalue weighted by molar-refractivity contribution is -0.132. The highest BCUT2D eigenvalue weighted by Crippen LogP contribution is 2.23. The van der Waals surface area contributed by atoms with Crippen LogP contribution in [0.1, 0.15) is 58.4 Å². The Morgan fingerprint density at radius 2 is 1.62 bits per heavy atom. The number of hydrogen-bond acceptors (Lipinski definition) is 3. The van der Waals surface area contributed by atoms with Gasteiger partial charge in [-0.3, -0.25) is 4.79 Å². The zero-order valence-electron chi connectivity index (χ0n) is 16.4. The van der Waals surface area contributed by atoms with Crippen molar-refractivity contribution in [3.63, 3.8) is 0 Å². The van der Waals surface area contributed by atoms with E-state index in [2.05, 4.69) is 27.7 Å². The van der Waals surface area contributed by atoms with E-state index in [1.165, 1.54) is 4.31 Å². The molecule has 0 aliphatic carbocycles. The van der Waals surface area contributed by atoms with Gasteiger partial charge in [0.05, 0.1) is 4.90 Å². The summed E-state index contributed by atoms with van der Waals surface area (Å²) in [5.41, 5.74) is 1.16. The topological polar surface area (TPSA) is 57.7 Å². The number of rotatable bonds is 7. The summed E-state index contributed by atoms with van der Waals surface area (Å²) in [6.45, 7) is 10.1. The standard InChI is InChI=1S/C20H32N2O3S/c1-5-17(4)18-7-9-19(10-8-18)26(24,25)22-14-12-21(13-15-22)20(23)11-6-16(2)3/h7-10,16-17H,5-6,11-15H2,1-4H3. The molecule has 1 atom stereocenters. The Balaban J connectivity index is 1.98. The van der Waals surface area contributed by atoms with Crippen LogP contribution in [0.3, 0.4) is 0 Å². The van der Waals surface area contributed by atoms with E-state index in [-0.39, 0.29) is 5.91 Å². The van der Waals surface area contributed by atoms with Gasteiger partial charge in [0.15, 0.2) is 0 Å². The lowest BCUT2D eigenvalue weighted by atomic mass is 9.99. The average Bonchev–Trinajstić information content (AvgIpc) is 2.65. The molecule has 5 nitrogen and oxygen atoms in total. The third-order valence-electron chi connectivity index (χ3n) is 5.23. The normalized spacial score (nSPS) is 17.5. The predicted octanol–water partition coefficient (Wildman–Crippen LogP) is 3.47. The first-order chi connectivity index (χ1) is 12.3. The number of sulfonamides is 1. The summed E-state index contributed by atoms with van der Waals surface area (Å²) in [5, 5.41) is 0. The highest BCUT2D eigenvalue weighted by atomic mass is 32.2. The van der Waals surface area contributed by atoms with Gasteiger partial charge in [-0.05, 0) is 42.4 Å². The molecule has 6 heteroatoms. The largest absolute Gasteiger partial charge is 0.340 e. The van der Waals surface area contributed by atoms with Crippen LogP contribution in [0, 0.1) is 5.92 Å². The zero-order chi connectivity index (χ0) is 19.3. The minimum Gasteiger partial charge on any atom is -0.340 e. The molecule has 1 amide bonds. The van der Waals surface area contributed by atoms with Gasteiger partial charge in [-0.2, -0.15) is 4.31 Å². The maximum absolute atomic E-state index is 12.9. The Bertz CT molecular complexity index is 690. The van der Waals surface area contributed by atoms with Crippen LogP contribution in [0.2, 0.25) is 0 Å². The number of carbonyl (C=O) groups is 1. The molecule has 2 rings (SSSR count). The molecule has 0 radical (unpaired) electrons. The van der Waals surface area contributed by atoms with Crippen molar-refractivity contribution in [2.45, 2.75) is 57.8 Å². The van der Waals surface area contributed by atoms with Crippen LogP contribution >= 0.6 is 0 Å². The smallest absolute Gasteiger partial charge is 0.243 e. The monoisotopic (exact) mass is 380 g/mol. The highest BCUT2D eigenvalue weighted by molar-refractivity contribution is 7.89. The summed E-state index contributed by atoms with van der Waals surface area (Å²) in [7, 11) is -3.49. The quantitative estimate of drug-likeness (QED) is 0.728. The fraction of sp³-hybridized carbons (Fsp3) is 0.650. The SMILES string of the molecule is CCC(C)c1ccc(S(=O)(=O)N2CCN(C(=O)CCC(C)C)CC2)cc1. The molecule has 26 heavy (non-hydrogen) atoms. The Morgan fingerprint density at radius 3 is 2.12 bits per heavy atom. The van der Waals surface area contributed by atoms with Gasteiger partial charge >= 0.3 is 0 Å². The molecule has 146 valence electrons. The van der Waals surface area contributed by atoms with Crippen molar-refractivity contribution in [3.8, 4) is 0 Å². The summed E-state index contributed by atoms with van der Waals surface area (Å²) < 4.78 is 27.2. The van der Waals surface area contributed by atoms with Crippen LogP contribution in [-0.2, 0) is 14.8 Å². The minimum atomic E-state index is -3.49. The van der Waals surface area contributed by atoms with Crippen molar-refractivity contribution in [1.29, 1.82) is 0 Å². The molecule has 1 heterocycles. The van der Waals surface area contributed by atoms with Gasteiger partial charge in [0.2, 0.25) is 15.9 Å².